The third-order valence-electron chi connectivity index (χ3n) is 1.20. The summed E-state index contributed by atoms with van der Waals surface area (Å²) in [5.74, 6) is -0.394. The molecule has 0 radical (unpaired) electrons. The van der Waals surface area contributed by atoms with Gasteiger partial charge >= 0.3 is 5.97 Å². The first-order valence-electron chi connectivity index (χ1n) is 4.14. The van der Waals surface area contributed by atoms with Crippen molar-refractivity contribution in [2.24, 2.45) is 0 Å². The maximum Gasteiger partial charge on any atom is 0.330 e. The first-order chi connectivity index (χ1) is 6.06. The average Bonchev–Trinajstić information content (AvgIpc) is 2.00. The van der Waals surface area contributed by atoms with Crippen molar-refractivity contribution in [2.45, 2.75) is 32.9 Å². The third kappa shape index (κ3) is 7.05. The zero-order valence-corrected chi connectivity index (χ0v) is 8.11. The van der Waals surface area contributed by atoms with Gasteiger partial charge in [0.1, 0.15) is 0 Å². The Morgan fingerprint density at radius 3 is 2.46 bits per heavy atom. The number of carbonyl (C=O) groups excluding carboxylic acids is 2. The van der Waals surface area contributed by atoms with Crippen LogP contribution in [0.4, 0.5) is 0 Å². The van der Waals surface area contributed by atoms with E-state index in [1.54, 1.807) is 26.8 Å². The summed E-state index contributed by atoms with van der Waals surface area (Å²) in [6.07, 6.45) is 3.34. The summed E-state index contributed by atoms with van der Waals surface area (Å²) in [5, 5.41) is 2.48. The zero-order valence-electron chi connectivity index (χ0n) is 8.11. The van der Waals surface area contributed by atoms with Crippen LogP contribution in [0.15, 0.2) is 12.2 Å². The van der Waals surface area contributed by atoms with Gasteiger partial charge in [0, 0.05) is 12.1 Å². The molecule has 0 aromatic rings. The molecule has 0 aromatic carbocycles. The molecule has 1 atom stereocenters. The molecule has 1 amide bonds. The summed E-state index contributed by atoms with van der Waals surface area (Å²) in [7, 11) is 0. The van der Waals surface area contributed by atoms with Gasteiger partial charge in [-0.1, -0.05) is 6.08 Å². The van der Waals surface area contributed by atoms with Crippen LogP contribution >= 0.6 is 0 Å². The Morgan fingerprint density at radius 1 is 1.38 bits per heavy atom. The molecule has 0 aromatic heterocycles. The van der Waals surface area contributed by atoms with Crippen LogP contribution in [-0.4, -0.2) is 24.5 Å². The van der Waals surface area contributed by atoms with Crippen molar-refractivity contribution in [1.82, 2.24) is 5.32 Å². The monoisotopic (exact) mass is 185 g/mol. The Kier molecular flexibility index (Phi) is 5.59. The van der Waals surface area contributed by atoms with Crippen LogP contribution in [0.5, 0.6) is 0 Å². The molecular weight excluding hydrogens is 170 g/mol. The summed E-state index contributed by atoms with van der Waals surface area (Å²) in [6.45, 7) is 5.31. The fraction of sp³-hybridized carbons (Fsp3) is 0.556. The summed E-state index contributed by atoms with van der Waals surface area (Å²) in [6, 6.07) is -0.155. The average molecular weight is 185 g/mol. The largest absolute Gasteiger partial charge is 0.460 e. The third-order valence-corrected chi connectivity index (χ3v) is 1.20. The van der Waals surface area contributed by atoms with Crippen molar-refractivity contribution < 1.29 is 14.3 Å². The van der Waals surface area contributed by atoms with Gasteiger partial charge in [0.25, 0.3) is 0 Å². The number of rotatable bonds is 5. The van der Waals surface area contributed by atoms with E-state index < -0.39 is 5.97 Å². The molecule has 0 aliphatic rings. The quantitative estimate of drug-likeness (QED) is 0.388. The highest BCUT2D eigenvalue weighted by Crippen LogP contribution is 1.91. The lowest BCUT2D eigenvalue weighted by atomic mass is 10.3. The molecule has 1 N–H and O–H groups in total. The summed E-state index contributed by atoms with van der Waals surface area (Å²) in [4.78, 5) is 20.9. The minimum Gasteiger partial charge on any atom is -0.460 e. The van der Waals surface area contributed by atoms with Crippen LogP contribution in [-0.2, 0) is 14.3 Å². The van der Waals surface area contributed by atoms with E-state index in [0.717, 1.165) is 0 Å². The number of carbonyl (C=O) groups is 2. The van der Waals surface area contributed by atoms with Crippen molar-refractivity contribution in [2.75, 3.05) is 0 Å². The highest BCUT2D eigenvalue weighted by Gasteiger charge is 2.00. The Hall–Kier alpha value is -1.32. The molecule has 0 saturated heterocycles. The van der Waals surface area contributed by atoms with E-state index in [4.69, 9.17) is 4.74 Å². The number of hydrogen-bond acceptors (Lipinski definition) is 3. The number of hydrogen-bond donors (Lipinski definition) is 1. The Morgan fingerprint density at radius 2 is 2.00 bits per heavy atom. The van der Waals surface area contributed by atoms with E-state index in [1.165, 1.54) is 6.08 Å². The van der Waals surface area contributed by atoms with Gasteiger partial charge in [-0.3, -0.25) is 4.79 Å². The van der Waals surface area contributed by atoms with Crippen molar-refractivity contribution in [3.63, 3.8) is 0 Å². The van der Waals surface area contributed by atoms with Crippen LogP contribution < -0.4 is 5.32 Å². The Bertz CT molecular complexity index is 199. The van der Waals surface area contributed by atoms with E-state index in [-0.39, 0.29) is 12.1 Å². The van der Waals surface area contributed by atoms with E-state index in [1.807, 2.05) is 0 Å². The number of amides is 1. The maximum absolute atomic E-state index is 10.9. The van der Waals surface area contributed by atoms with Gasteiger partial charge in [-0.2, -0.15) is 0 Å². The van der Waals surface area contributed by atoms with Crippen LogP contribution in [0.2, 0.25) is 0 Å². The first kappa shape index (κ1) is 11.7. The predicted molar refractivity (Wildman–Crippen MR) is 49.0 cm³/mol. The van der Waals surface area contributed by atoms with Crippen LogP contribution in [0, 0.1) is 0 Å². The van der Waals surface area contributed by atoms with Gasteiger partial charge in [0.2, 0.25) is 6.41 Å². The topological polar surface area (TPSA) is 55.4 Å². The van der Waals surface area contributed by atoms with Gasteiger partial charge in [-0.15, -0.1) is 0 Å². The molecule has 0 heterocycles. The molecule has 13 heavy (non-hydrogen) atoms. The normalized spacial score (nSPS) is 12.9. The minimum atomic E-state index is -0.394. The molecule has 0 spiro atoms. The molecule has 0 fully saturated rings. The molecule has 0 bridgehead atoms. The van der Waals surface area contributed by atoms with E-state index in [0.29, 0.717) is 6.41 Å². The summed E-state index contributed by atoms with van der Waals surface area (Å²) >= 11 is 0. The number of ether oxygens (including phenoxy) is 1. The molecular formula is C9H15NO3. The van der Waals surface area contributed by atoms with Crippen molar-refractivity contribution >= 4 is 12.4 Å². The van der Waals surface area contributed by atoms with Gasteiger partial charge in [0.05, 0.1) is 6.10 Å². The van der Waals surface area contributed by atoms with Crippen LogP contribution in [0.25, 0.3) is 0 Å². The number of nitrogens with one attached hydrogen (secondary N) is 1. The minimum absolute atomic E-state index is 0.119. The molecule has 74 valence electrons. The van der Waals surface area contributed by atoms with Gasteiger partial charge in [-0.25, -0.2) is 4.79 Å². The second kappa shape index (κ2) is 6.22. The van der Waals surface area contributed by atoms with Crippen LogP contribution in [0.3, 0.4) is 0 Å². The number of esters is 1. The Labute approximate surface area is 78.0 Å². The lowest BCUT2D eigenvalue weighted by Crippen LogP contribution is -2.22. The molecule has 1 unspecified atom stereocenters. The van der Waals surface area contributed by atoms with Gasteiger partial charge in [0.15, 0.2) is 0 Å². The second-order valence-electron chi connectivity index (χ2n) is 2.92. The molecule has 0 aliphatic heterocycles. The lowest BCUT2D eigenvalue weighted by molar-refractivity contribution is -0.141. The lowest BCUT2D eigenvalue weighted by Gasteiger charge is -2.05. The standard InChI is InChI=1S/C9H15NO3/c1-7(2)13-9(12)5-4-8(3)10-6-11/h4-8H,1-3H3,(H,10,11)/b5-4+. The smallest absolute Gasteiger partial charge is 0.330 e. The molecule has 0 rings (SSSR count). The van der Waals surface area contributed by atoms with Crippen LogP contribution in [0.1, 0.15) is 20.8 Å². The highest BCUT2D eigenvalue weighted by atomic mass is 16.5. The summed E-state index contributed by atoms with van der Waals surface area (Å²) in [5.41, 5.74) is 0. The predicted octanol–water partition coefficient (Wildman–Crippen LogP) is 0.629. The highest BCUT2D eigenvalue weighted by molar-refractivity contribution is 5.82. The summed E-state index contributed by atoms with van der Waals surface area (Å²) < 4.78 is 4.84. The van der Waals surface area contributed by atoms with E-state index in [2.05, 4.69) is 5.32 Å². The molecule has 4 nitrogen and oxygen atoms in total. The maximum atomic E-state index is 10.9. The van der Waals surface area contributed by atoms with Crippen molar-refractivity contribution in [3.05, 3.63) is 12.2 Å². The van der Waals surface area contributed by atoms with Gasteiger partial charge in [-0.05, 0) is 20.8 Å². The fourth-order valence-electron chi connectivity index (χ4n) is 0.657. The second-order valence-corrected chi connectivity index (χ2v) is 2.92. The Balaban J connectivity index is 3.82. The molecule has 4 heteroatoms. The van der Waals surface area contributed by atoms with Gasteiger partial charge < -0.3 is 10.1 Å². The zero-order chi connectivity index (χ0) is 10.3. The molecule has 0 saturated carbocycles. The van der Waals surface area contributed by atoms with Crippen molar-refractivity contribution in [1.29, 1.82) is 0 Å². The molecule has 0 aliphatic carbocycles. The first-order valence-corrected chi connectivity index (χ1v) is 4.14. The van der Waals surface area contributed by atoms with E-state index >= 15 is 0 Å². The van der Waals surface area contributed by atoms with E-state index in [9.17, 15) is 9.59 Å². The SMILES string of the molecule is CC(/C=C/C(=O)OC(C)C)NC=O. The fourth-order valence-corrected chi connectivity index (χ4v) is 0.657. The van der Waals surface area contributed by atoms with Crippen molar-refractivity contribution in [3.8, 4) is 0 Å².